The summed E-state index contributed by atoms with van der Waals surface area (Å²) in [4.78, 5) is 5.12. The quantitative estimate of drug-likeness (QED) is 0.134. The molecule has 3 aromatic heterocycles. The molecule has 0 radical (unpaired) electrons. The summed E-state index contributed by atoms with van der Waals surface area (Å²) in [6.45, 7) is 33.5. The van der Waals surface area contributed by atoms with Gasteiger partial charge in [-0.1, -0.05) is 352 Å². The third-order valence-corrected chi connectivity index (χ3v) is 24.7. The van der Waals surface area contributed by atoms with Crippen LogP contribution in [0.25, 0.3) is 127 Å². The van der Waals surface area contributed by atoms with Crippen molar-refractivity contribution in [3.63, 3.8) is 0 Å². The van der Waals surface area contributed by atoms with Gasteiger partial charge in [-0.05, 0) is 166 Å². The van der Waals surface area contributed by atoms with E-state index in [1.165, 1.54) is 22.3 Å². The van der Waals surface area contributed by atoms with Gasteiger partial charge in [-0.15, -0.1) is 0 Å². The molecule has 5 nitrogen and oxygen atoms in total. The number of hydrogen-bond donors (Lipinski definition) is 0. The third kappa shape index (κ3) is 11.6. The molecular weight excluding hydrogens is 1400 g/mol. The highest BCUT2D eigenvalue weighted by atomic mass is 15.2. The Morgan fingerprint density at radius 3 is 0.957 bits per heavy atom. The van der Waals surface area contributed by atoms with E-state index in [0.717, 1.165) is 156 Å². The first-order valence-electron chi connectivity index (χ1n) is 44.9. The Balaban J connectivity index is 0.980. The van der Waals surface area contributed by atoms with E-state index >= 15 is 0 Å². The Hall–Kier alpha value is -12.6. The van der Waals surface area contributed by atoms with E-state index in [0.29, 0.717) is 5.69 Å². The molecule has 2 aliphatic heterocycles. The van der Waals surface area contributed by atoms with Gasteiger partial charge in [0.2, 0.25) is 0 Å². The molecule has 20 rings (SSSR count). The molecule has 0 bridgehead atoms. The maximum atomic E-state index is 9.99. The van der Waals surface area contributed by atoms with Crippen molar-refractivity contribution in [3.8, 4) is 61.6 Å². The van der Waals surface area contributed by atoms with Crippen LogP contribution in [-0.4, -0.2) is 20.4 Å². The number of nitrogens with zero attached hydrogens (tertiary/aromatic N) is 5. The summed E-state index contributed by atoms with van der Waals surface area (Å²) in [6.07, 6.45) is 0. The monoisotopic (exact) mass is 1510 g/mol. The Labute approximate surface area is 694 Å². The largest absolute Gasteiger partial charge is 0.310 e. The average molecular weight is 1510 g/mol. The lowest BCUT2D eigenvalue weighted by atomic mass is 9.33. The highest BCUT2D eigenvalue weighted by molar-refractivity contribution is 7.00. The number of fused-ring (bicyclic) bond motifs is 14. The second-order valence-electron chi connectivity index (χ2n) is 37.2. The van der Waals surface area contributed by atoms with Crippen LogP contribution in [0.15, 0.2) is 321 Å². The highest BCUT2D eigenvalue weighted by Crippen LogP contribution is 2.56. The lowest BCUT2D eigenvalue weighted by Crippen LogP contribution is -2.61. The van der Waals surface area contributed by atoms with Gasteiger partial charge in [-0.25, -0.2) is 0 Å². The number of anilines is 6. The van der Waals surface area contributed by atoms with E-state index in [2.05, 4.69) is 390 Å². The fourth-order valence-electron chi connectivity index (χ4n) is 18.6. The summed E-state index contributed by atoms with van der Waals surface area (Å²) in [5.74, 6) is 0. The van der Waals surface area contributed by atoms with Crippen LogP contribution < -0.4 is 26.2 Å². The molecule has 0 saturated heterocycles. The van der Waals surface area contributed by atoms with Gasteiger partial charge in [-0.2, -0.15) is 0 Å². The van der Waals surface area contributed by atoms with Crippen molar-refractivity contribution in [2.75, 3.05) is 9.80 Å². The van der Waals surface area contributed by atoms with Crippen LogP contribution in [0.3, 0.4) is 0 Å². The molecule has 15 aromatic carbocycles. The van der Waals surface area contributed by atoms with Crippen LogP contribution in [-0.2, 0) is 27.1 Å². The minimum atomic E-state index is -0.543. The van der Waals surface area contributed by atoms with Gasteiger partial charge in [0, 0.05) is 94.4 Å². The first-order chi connectivity index (χ1) is 59.1. The minimum absolute atomic E-state index is 0.00924. The van der Waals surface area contributed by atoms with Crippen LogP contribution in [0, 0.1) is 0 Å². The zero-order valence-electron chi connectivity index (χ0n) is 76.8. The van der Waals surface area contributed by atoms with Crippen LogP contribution in [0.2, 0.25) is 0 Å². The minimum Gasteiger partial charge on any atom is -0.310 e. The Morgan fingerprint density at radius 1 is 0.250 bits per heavy atom. The van der Waals surface area contributed by atoms with Gasteiger partial charge in [0.25, 0.3) is 6.71 Å². The van der Waals surface area contributed by atoms with Gasteiger partial charge >= 0.3 is 0 Å². The maximum absolute atomic E-state index is 9.99. The van der Waals surface area contributed by atoms with E-state index in [1.807, 2.05) is 6.07 Å². The molecule has 0 fully saturated rings. The fourth-order valence-corrected chi connectivity index (χ4v) is 18.6. The molecule has 6 heteroatoms. The zero-order valence-corrected chi connectivity index (χ0v) is 68.8. The molecular formula is C110H98BN5. The second kappa shape index (κ2) is 26.5. The van der Waals surface area contributed by atoms with Crippen molar-refractivity contribution in [1.29, 1.82) is 0 Å². The van der Waals surface area contributed by atoms with Crippen molar-refractivity contribution in [3.05, 3.63) is 349 Å². The molecule has 2 aliphatic rings. The summed E-state index contributed by atoms with van der Waals surface area (Å²) in [5.41, 5.74) is 28.2. The summed E-state index contributed by atoms with van der Waals surface area (Å²) < 4.78 is 83.2. The molecule has 0 saturated carbocycles. The third-order valence-electron chi connectivity index (χ3n) is 24.7. The lowest BCUT2D eigenvalue weighted by Gasteiger charge is -2.46. The molecule has 0 unspecified atom stereocenters. The summed E-state index contributed by atoms with van der Waals surface area (Å²) >= 11 is 0. The van der Waals surface area contributed by atoms with Crippen molar-refractivity contribution in [2.45, 2.75) is 131 Å². The first-order valence-corrected chi connectivity index (χ1v) is 40.9. The molecule has 5 heterocycles. The SMILES string of the molecule is [2H]c1c([2H])c([2H])c2c(c1[2H])c1c([2H])c([2H])c([2H])c([2H])c1n2-c1ccc2c(c1)N(c1c(-c3ccc(C(C)(C)C)cc3)cccc1-c1ccc(C(C)(C)C)cc1)c1cc(C(C)(C)C)cc3c1B2c1ccc(-n2c4ccccc4c4ccc5c6ccccc6n(-c6ccccc6)c5c42)cc1N3c1c(-c2ccc(C(C)(C)C)cc2)cccc1-c1ccc(C(C)(C)C)cc1. The van der Waals surface area contributed by atoms with Crippen LogP contribution in [0.1, 0.15) is 143 Å². The van der Waals surface area contributed by atoms with E-state index in [9.17, 15) is 11.0 Å². The predicted molar refractivity (Wildman–Crippen MR) is 499 cm³/mol. The number of rotatable bonds is 9. The second-order valence-corrected chi connectivity index (χ2v) is 37.2. The van der Waals surface area contributed by atoms with Gasteiger partial charge in [0.1, 0.15) is 0 Å². The van der Waals surface area contributed by atoms with Crippen LogP contribution in [0.4, 0.5) is 34.1 Å². The molecule has 0 spiro atoms. The Bertz CT molecular complexity index is 7280. The standard InChI is InChI=1S/C110H98BN5/c1-106(2,3)73-51-43-69(44-52-73)81-35-27-36-82(70-45-53-74(54-46-70)107(4,5)6)102(81)115-97-67-79(112-93-39-23-19-31-85(93)86-32-20-24-40-94(86)112)59-63-91(97)111-92-64-60-80(114-96-42-26-22-34-88(96)90-62-61-89-87-33-21-25-41-95(87)113(104(89)105(90)114)78-29-17-16-18-30-78)68-98(92)116(100-66-77(110(13,14)15)65-99(115)101(100)111)103-83(71-47-55-75(56-48-71)108(7,8)9)37-28-38-84(103)72-49-57-76(58-50-72)109(10,11)12/h16-68H,1-15H3/i19D,20D,23D,24D,31D,32D,39D,40D. The van der Waals surface area contributed by atoms with Crippen LogP contribution >= 0.6 is 0 Å². The predicted octanol–water partition coefficient (Wildman–Crippen LogP) is 28.2. The molecule has 18 aromatic rings. The fraction of sp³-hybridized carbons (Fsp3) is 0.182. The first kappa shape index (κ1) is 63.7. The van der Waals surface area contributed by atoms with Crippen molar-refractivity contribution >= 4 is 123 Å². The van der Waals surface area contributed by atoms with E-state index in [4.69, 9.17) is 0 Å². The zero-order chi connectivity index (χ0) is 86.8. The van der Waals surface area contributed by atoms with Gasteiger partial charge in [0.15, 0.2) is 0 Å². The molecule has 0 amide bonds. The molecule has 0 aliphatic carbocycles. The van der Waals surface area contributed by atoms with Crippen molar-refractivity contribution in [1.82, 2.24) is 13.7 Å². The Kier molecular flexibility index (Phi) is 14.5. The number of para-hydroxylation sites is 7. The lowest BCUT2D eigenvalue weighted by molar-refractivity contribution is 0.590. The summed E-state index contributed by atoms with van der Waals surface area (Å²) in [5, 5.41) is 4.55. The normalized spacial score (nSPS) is 14.2. The summed E-state index contributed by atoms with van der Waals surface area (Å²) in [6, 6.07) is 97.9. The molecule has 566 valence electrons. The van der Waals surface area contributed by atoms with Gasteiger partial charge in [-0.3, -0.25) is 0 Å². The van der Waals surface area contributed by atoms with Crippen LogP contribution in [0.5, 0.6) is 0 Å². The summed E-state index contributed by atoms with van der Waals surface area (Å²) in [7, 11) is 0. The number of aromatic nitrogens is 3. The van der Waals surface area contributed by atoms with Gasteiger partial charge < -0.3 is 23.5 Å². The highest BCUT2D eigenvalue weighted by Gasteiger charge is 2.47. The molecule has 0 N–H and O–H groups in total. The topological polar surface area (TPSA) is 21.3 Å². The van der Waals surface area contributed by atoms with Gasteiger partial charge in [0.05, 0.1) is 55.4 Å². The smallest absolute Gasteiger partial charge is 0.252 e. The van der Waals surface area contributed by atoms with E-state index < -0.39 is 48.4 Å². The molecule has 0 atom stereocenters. The molecule has 116 heavy (non-hydrogen) atoms. The average Bonchev–Trinajstić information content (AvgIpc) is 0.848. The number of benzene rings is 15. The van der Waals surface area contributed by atoms with E-state index in [1.54, 1.807) is 4.57 Å². The number of hydrogen-bond acceptors (Lipinski definition) is 2. The Morgan fingerprint density at radius 2 is 0.586 bits per heavy atom. The maximum Gasteiger partial charge on any atom is 0.252 e. The van der Waals surface area contributed by atoms with Crippen molar-refractivity contribution < 1.29 is 11.0 Å². The van der Waals surface area contributed by atoms with Crippen molar-refractivity contribution in [2.24, 2.45) is 0 Å². The van der Waals surface area contributed by atoms with E-state index in [-0.39, 0.29) is 55.6 Å².